The molecular formula is C45H22B5N3OS. The molecule has 7 aromatic carbocycles. The van der Waals surface area contributed by atoms with Crippen LogP contribution in [-0.2, 0) is 0 Å². The van der Waals surface area contributed by atoms with Gasteiger partial charge >= 0.3 is 0 Å². The number of benzene rings is 7. The topological polar surface area (TPSA) is 51.8 Å². The Bertz CT molecular complexity index is 3150. The molecule has 10 aromatic rings. The number of hydrogen-bond donors (Lipinski definition) is 0. The highest BCUT2D eigenvalue weighted by atomic mass is 32.1. The van der Waals surface area contributed by atoms with E-state index in [1.165, 1.54) is 25.7 Å². The van der Waals surface area contributed by atoms with E-state index in [1.54, 1.807) is 0 Å². The summed E-state index contributed by atoms with van der Waals surface area (Å²) >= 11 is 1.82. The number of hydrogen-bond acceptors (Lipinski definition) is 5. The van der Waals surface area contributed by atoms with Crippen molar-refractivity contribution in [1.29, 1.82) is 0 Å². The van der Waals surface area contributed by atoms with Gasteiger partial charge in [-0.2, -0.15) is 0 Å². The second kappa shape index (κ2) is 13.0. The Morgan fingerprint density at radius 3 is 1.78 bits per heavy atom. The van der Waals surface area contributed by atoms with Crippen molar-refractivity contribution in [3.05, 3.63) is 133 Å². The number of fused-ring (bicyclic) bond motifs is 6. The molecule has 0 fully saturated rings. The maximum absolute atomic E-state index is 6.57. The Morgan fingerprint density at radius 2 is 1.00 bits per heavy atom. The predicted molar refractivity (Wildman–Crippen MR) is 234 cm³/mol. The zero-order valence-corrected chi connectivity index (χ0v) is 30.1. The van der Waals surface area contributed by atoms with Crippen LogP contribution >= 0.6 is 11.3 Å². The first kappa shape index (κ1) is 33.5. The van der Waals surface area contributed by atoms with E-state index < -0.39 is 0 Å². The van der Waals surface area contributed by atoms with Gasteiger partial charge in [0.1, 0.15) is 50.4 Å². The van der Waals surface area contributed by atoms with Crippen molar-refractivity contribution in [2.24, 2.45) is 0 Å². The molecule has 0 amide bonds. The van der Waals surface area contributed by atoms with Gasteiger partial charge in [-0.05, 0) is 47.0 Å². The maximum atomic E-state index is 6.57. The first-order chi connectivity index (χ1) is 26.8. The molecule has 10 heteroatoms. The van der Waals surface area contributed by atoms with Crippen LogP contribution in [0.1, 0.15) is 0 Å². The summed E-state index contributed by atoms with van der Waals surface area (Å²) in [5.41, 5.74) is 8.44. The van der Waals surface area contributed by atoms with Crippen LogP contribution < -0.4 is 27.3 Å². The number of thiophene rings is 1. The van der Waals surface area contributed by atoms with Crippen LogP contribution in [0.3, 0.4) is 0 Å². The molecule has 0 aliphatic rings. The minimum Gasteiger partial charge on any atom is -0.456 e. The monoisotopic (exact) mass is 707 g/mol. The van der Waals surface area contributed by atoms with Crippen LogP contribution in [0, 0.1) is 0 Å². The molecule has 0 aliphatic heterocycles. The minimum atomic E-state index is 0.163. The number of aromatic nitrogens is 3. The largest absolute Gasteiger partial charge is 0.456 e. The van der Waals surface area contributed by atoms with E-state index in [-0.39, 0.29) is 27.3 Å². The average Bonchev–Trinajstić information content (AvgIpc) is 3.81. The maximum Gasteiger partial charge on any atom is 0.164 e. The van der Waals surface area contributed by atoms with E-state index in [0.717, 1.165) is 44.2 Å². The van der Waals surface area contributed by atoms with Gasteiger partial charge in [0, 0.05) is 53.2 Å². The lowest BCUT2D eigenvalue weighted by Crippen LogP contribution is -2.55. The summed E-state index contributed by atoms with van der Waals surface area (Å²) < 4.78 is 9.10. The van der Waals surface area contributed by atoms with E-state index in [0.29, 0.717) is 28.6 Å². The van der Waals surface area contributed by atoms with Crippen molar-refractivity contribution in [3.8, 4) is 56.4 Å². The minimum absolute atomic E-state index is 0.163. The first-order valence-corrected chi connectivity index (χ1v) is 18.5. The van der Waals surface area contributed by atoms with Crippen LogP contribution in [-0.4, -0.2) is 54.2 Å². The lowest BCUT2D eigenvalue weighted by Gasteiger charge is -2.21. The molecule has 0 aliphatic carbocycles. The van der Waals surface area contributed by atoms with Crippen LogP contribution in [0.15, 0.2) is 138 Å². The summed E-state index contributed by atoms with van der Waals surface area (Å²) in [6, 6.07) is 44.9. The lowest BCUT2D eigenvalue weighted by atomic mass is 9.59. The normalized spacial score (nSPS) is 11.6. The van der Waals surface area contributed by atoms with Crippen LogP contribution in [0.25, 0.3) is 98.5 Å². The van der Waals surface area contributed by atoms with Gasteiger partial charge < -0.3 is 4.42 Å². The highest BCUT2D eigenvalue weighted by Gasteiger charge is 2.19. The molecule has 0 atom stereocenters. The van der Waals surface area contributed by atoms with Crippen molar-refractivity contribution in [2.45, 2.75) is 0 Å². The Kier molecular flexibility index (Phi) is 7.93. The van der Waals surface area contributed by atoms with E-state index in [1.807, 2.05) is 84.1 Å². The standard InChI is InChI=1S/C45H22B5N3OS/c46-37-35(38(47)40(49)41(50)39(37)48)24-11-6-12-25(21-24)44-51-43(23-9-2-1-3-10-23)52-45(53-44)26-19-20-31-33(22-26)54-32-17-8-14-28(36(31)32)30-16-7-15-29-27-13-4-5-18-34(27)55-42(29)30/h1-22H. The van der Waals surface area contributed by atoms with Gasteiger partial charge in [-0.15, -0.1) is 27.7 Å². The van der Waals surface area contributed by atoms with E-state index >= 15 is 0 Å². The lowest BCUT2D eigenvalue weighted by molar-refractivity contribution is 0.669. The summed E-state index contributed by atoms with van der Waals surface area (Å²) in [5.74, 6) is 1.48. The molecular weight excluding hydrogens is 685 g/mol. The second-order valence-electron chi connectivity index (χ2n) is 13.5. The summed E-state index contributed by atoms with van der Waals surface area (Å²) in [6.45, 7) is 0. The summed E-state index contributed by atoms with van der Waals surface area (Å²) in [7, 11) is 31.4. The molecule has 244 valence electrons. The SMILES string of the molecule is [B]c1c([B])c([B])c(-c2cccc(-c3nc(-c4ccccc4)nc(-c4ccc5c(c4)oc4cccc(-c6cccc7c6sc6ccccc67)c45)n3)c2)c([B])c1[B]. The van der Waals surface area contributed by atoms with Gasteiger partial charge in [0.2, 0.25) is 0 Å². The molecule has 0 saturated heterocycles. The molecule has 0 saturated carbocycles. The van der Waals surface area contributed by atoms with Crippen molar-refractivity contribution in [2.75, 3.05) is 0 Å². The molecule has 4 nitrogen and oxygen atoms in total. The highest BCUT2D eigenvalue weighted by molar-refractivity contribution is 7.26. The fraction of sp³-hybridized carbons (Fsp3) is 0. The average molecular weight is 707 g/mol. The van der Waals surface area contributed by atoms with Gasteiger partial charge in [0.15, 0.2) is 17.5 Å². The zero-order valence-electron chi connectivity index (χ0n) is 29.2. The molecule has 3 aromatic heterocycles. The fourth-order valence-corrected chi connectivity index (χ4v) is 8.70. The quantitative estimate of drug-likeness (QED) is 0.194. The van der Waals surface area contributed by atoms with Crippen molar-refractivity contribution in [3.63, 3.8) is 0 Å². The third-order valence-corrected chi connectivity index (χ3v) is 11.4. The first-order valence-electron chi connectivity index (χ1n) is 17.6. The van der Waals surface area contributed by atoms with Gasteiger partial charge in [0.05, 0.1) is 0 Å². The highest BCUT2D eigenvalue weighted by Crippen LogP contribution is 2.44. The number of furan rings is 1. The number of nitrogens with zero attached hydrogens (tertiary/aromatic N) is 3. The summed E-state index contributed by atoms with van der Waals surface area (Å²) in [4.78, 5) is 14.9. The molecule has 3 heterocycles. The van der Waals surface area contributed by atoms with Crippen molar-refractivity contribution >= 4 is 120 Å². The molecule has 55 heavy (non-hydrogen) atoms. The van der Waals surface area contributed by atoms with E-state index in [4.69, 9.17) is 58.6 Å². The summed E-state index contributed by atoms with van der Waals surface area (Å²) in [5, 5.41) is 4.60. The molecule has 0 N–H and O–H groups in total. The molecule has 0 unspecified atom stereocenters. The smallest absolute Gasteiger partial charge is 0.164 e. The molecule has 0 bridgehead atoms. The Morgan fingerprint density at radius 1 is 0.418 bits per heavy atom. The van der Waals surface area contributed by atoms with E-state index in [2.05, 4.69) is 60.7 Å². The Hall–Kier alpha value is -6.11. The van der Waals surface area contributed by atoms with Gasteiger partial charge in [-0.3, -0.25) is 0 Å². The van der Waals surface area contributed by atoms with Gasteiger partial charge in [0.25, 0.3) is 0 Å². The molecule has 10 rings (SSSR count). The van der Waals surface area contributed by atoms with Crippen LogP contribution in [0.4, 0.5) is 0 Å². The zero-order chi connectivity index (χ0) is 37.4. The van der Waals surface area contributed by atoms with Crippen LogP contribution in [0.2, 0.25) is 0 Å². The Labute approximate surface area is 327 Å². The Balaban J connectivity index is 1.13. The van der Waals surface area contributed by atoms with E-state index in [9.17, 15) is 0 Å². The third-order valence-electron chi connectivity index (χ3n) is 10.2. The second-order valence-corrected chi connectivity index (χ2v) is 14.5. The third kappa shape index (κ3) is 5.46. The summed E-state index contributed by atoms with van der Waals surface area (Å²) in [6.07, 6.45) is 0. The van der Waals surface area contributed by atoms with Crippen molar-refractivity contribution in [1.82, 2.24) is 15.0 Å². The predicted octanol–water partition coefficient (Wildman–Crippen LogP) is 6.44. The van der Waals surface area contributed by atoms with Crippen molar-refractivity contribution < 1.29 is 4.42 Å². The van der Waals surface area contributed by atoms with Gasteiger partial charge in [-0.25, -0.2) is 15.0 Å². The molecule has 10 radical (unpaired) electrons. The van der Waals surface area contributed by atoms with Crippen LogP contribution in [0.5, 0.6) is 0 Å². The number of rotatable bonds is 5. The fourth-order valence-electron chi connectivity index (χ4n) is 7.47. The van der Waals surface area contributed by atoms with Gasteiger partial charge in [-0.1, -0.05) is 114 Å². The molecule has 0 spiro atoms.